The number of rotatable bonds is 3. The molecule has 0 amide bonds. The third-order valence-electron chi connectivity index (χ3n) is 4.95. The molecule has 0 aliphatic heterocycles. The molecule has 0 nitrogen and oxygen atoms in total. The largest absolute Gasteiger partial charge is 0.0984 e. The Morgan fingerprint density at radius 3 is 2.12 bits per heavy atom. The lowest BCUT2D eigenvalue weighted by Gasteiger charge is -2.15. The van der Waals surface area contributed by atoms with Gasteiger partial charge in [-0.05, 0) is 40.3 Å². The van der Waals surface area contributed by atoms with Crippen LogP contribution >= 0.6 is 0 Å². The predicted molar refractivity (Wildman–Crippen MR) is 103 cm³/mol. The molecule has 0 saturated carbocycles. The molecule has 3 aromatic rings. The monoisotopic (exact) mass is 308 g/mol. The van der Waals surface area contributed by atoms with Crippen LogP contribution < -0.4 is 0 Å². The highest BCUT2D eigenvalue weighted by Gasteiger charge is 2.30. The van der Waals surface area contributed by atoms with Crippen molar-refractivity contribution in [2.24, 2.45) is 0 Å². The lowest BCUT2D eigenvalue weighted by molar-refractivity contribution is 0.975. The highest BCUT2D eigenvalue weighted by Crippen LogP contribution is 2.48. The van der Waals surface area contributed by atoms with Gasteiger partial charge in [0.25, 0.3) is 0 Å². The maximum atomic E-state index is 4.00. The van der Waals surface area contributed by atoms with Gasteiger partial charge in [0.1, 0.15) is 0 Å². The highest BCUT2D eigenvalue weighted by atomic mass is 14.3. The molecule has 0 aromatic heterocycles. The van der Waals surface area contributed by atoms with Crippen molar-refractivity contribution in [1.29, 1.82) is 0 Å². The molecule has 0 heterocycles. The second kappa shape index (κ2) is 5.98. The number of fused-ring (bicyclic) bond motifs is 1. The minimum atomic E-state index is 0.329. The van der Waals surface area contributed by atoms with Crippen molar-refractivity contribution in [3.63, 3.8) is 0 Å². The summed E-state index contributed by atoms with van der Waals surface area (Å²) in [6.07, 6.45) is 1.95. The molecule has 4 rings (SSSR count). The molecule has 3 aromatic carbocycles. The van der Waals surface area contributed by atoms with Crippen LogP contribution in [0.4, 0.5) is 0 Å². The molecule has 0 saturated heterocycles. The Balaban J connectivity index is 1.99. The van der Waals surface area contributed by atoms with Crippen LogP contribution in [0.2, 0.25) is 0 Å². The molecule has 0 radical (unpaired) electrons. The van der Waals surface area contributed by atoms with Gasteiger partial charge in [-0.2, -0.15) is 0 Å². The van der Waals surface area contributed by atoms with Crippen LogP contribution in [0.5, 0.6) is 0 Å². The minimum absolute atomic E-state index is 0.329. The SMILES string of the molecule is C=Cc1ccccc1C1=C(C)C(c2ccccc2)c2ccccc21. The Labute approximate surface area is 143 Å². The molecule has 1 aliphatic rings. The number of hydrogen-bond acceptors (Lipinski definition) is 0. The Morgan fingerprint density at radius 1 is 0.750 bits per heavy atom. The van der Waals surface area contributed by atoms with Gasteiger partial charge in [0.05, 0.1) is 0 Å². The molecule has 0 bridgehead atoms. The first-order valence-electron chi connectivity index (χ1n) is 8.38. The standard InChI is InChI=1S/C24H20/c1-3-18-11-7-8-14-20(18)24-17(2)23(19-12-5-4-6-13-19)21-15-9-10-16-22(21)24/h3-16,23H,1H2,2H3. The Kier molecular flexibility index (Phi) is 3.66. The molecule has 0 heteroatoms. The van der Waals surface area contributed by atoms with E-state index in [4.69, 9.17) is 0 Å². The first kappa shape index (κ1) is 14.7. The minimum Gasteiger partial charge on any atom is -0.0984 e. The number of benzene rings is 3. The van der Waals surface area contributed by atoms with Crippen LogP contribution in [-0.2, 0) is 0 Å². The van der Waals surface area contributed by atoms with E-state index in [1.54, 1.807) is 0 Å². The fraction of sp³-hybridized carbons (Fsp3) is 0.0833. The van der Waals surface area contributed by atoms with Crippen molar-refractivity contribution in [3.05, 3.63) is 119 Å². The van der Waals surface area contributed by atoms with Gasteiger partial charge in [-0.3, -0.25) is 0 Å². The van der Waals surface area contributed by atoms with E-state index >= 15 is 0 Å². The van der Waals surface area contributed by atoms with Crippen molar-refractivity contribution in [1.82, 2.24) is 0 Å². The van der Waals surface area contributed by atoms with Crippen molar-refractivity contribution in [3.8, 4) is 0 Å². The Morgan fingerprint density at radius 2 is 1.38 bits per heavy atom. The topological polar surface area (TPSA) is 0 Å². The van der Waals surface area contributed by atoms with Crippen molar-refractivity contribution in [2.45, 2.75) is 12.8 Å². The Bertz CT molecular complexity index is 929. The molecule has 116 valence electrons. The second-order valence-electron chi connectivity index (χ2n) is 6.28. The summed E-state index contributed by atoms with van der Waals surface area (Å²) in [5.74, 6) is 0.329. The fourth-order valence-corrected chi connectivity index (χ4v) is 3.90. The summed E-state index contributed by atoms with van der Waals surface area (Å²) in [5, 5.41) is 0. The summed E-state index contributed by atoms with van der Waals surface area (Å²) >= 11 is 0. The van der Waals surface area contributed by atoms with Gasteiger partial charge in [-0.15, -0.1) is 0 Å². The second-order valence-corrected chi connectivity index (χ2v) is 6.28. The fourth-order valence-electron chi connectivity index (χ4n) is 3.90. The highest BCUT2D eigenvalue weighted by molar-refractivity contribution is 5.92. The molecule has 24 heavy (non-hydrogen) atoms. The third kappa shape index (κ3) is 2.23. The van der Waals surface area contributed by atoms with Gasteiger partial charge >= 0.3 is 0 Å². The van der Waals surface area contributed by atoms with E-state index < -0.39 is 0 Å². The maximum Gasteiger partial charge on any atom is 0.0311 e. The lowest BCUT2D eigenvalue weighted by Crippen LogP contribution is -1.98. The van der Waals surface area contributed by atoms with E-state index in [0.29, 0.717) is 5.92 Å². The van der Waals surface area contributed by atoms with Crippen LogP contribution in [0, 0.1) is 0 Å². The molecule has 0 N–H and O–H groups in total. The third-order valence-corrected chi connectivity index (χ3v) is 4.95. The molecule has 1 atom stereocenters. The van der Waals surface area contributed by atoms with Crippen LogP contribution in [-0.4, -0.2) is 0 Å². The molecular weight excluding hydrogens is 288 g/mol. The smallest absolute Gasteiger partial charge is 0.0311 e. The number of hydrogen-bond donors (Lipinski definition) is 0. The average Bonchev–Trinajstić information content (AvgIpc) is 2.94. The molecule has 1 unspecified atom stereocenters. The van der Waals surface area contributed by atoms with Gasteiger partial charge in [0.15, 0.2) is 0 Å². The van der Waals surface area contributed by atoms with Gasteiger partial charge in [-0.1, -0.05) is 97.1 Å². The normalized spacial score (nSPS) is 16.1. The van der Waals surface area contributed by atoms with Crippen molar-refractivity contribution in [2.75, 3.05) is 0 Å². The summed E-state index contributed by atoms with van der Waals surface area (Å²) in [6.45, 7) is 6.27. The summed E-state index contributed by atoms with van der Waals surface area (Å²) in [4.78, 5) is 0. The van der Waals surface area contributed by atoms with E-state index in [-0.39, 0.29) is 0 Å². The van der Waals surface area contributed by atoms with Crippen LogP contribution in [0.1, 0.15) is 40.7 Å². The van der Waals surface area contributed by atoms with E-state index in [0.717, 1.165) is 0 Å². The van der Waals surface area contributed by atoms with Crippen LogP contribution in [0.25, 0.3) is 11.6 Å². The van der Waals surface area contributed by atoms with Crippen molar-refractivity contribution >= 4 is 11.6 Å². The first-order chi connectivity index (χ1) is 11.8. The zero-order valence-corrected chi connectivity index (χ0v) is 13.9. The van der Waals surface area contributed by atoms with Crippen LogP contribution in [0.3, 0.4) is 0 Å². The predicted octanol–water partition coefficient (Wildman–Crippen LogP) is 6.30. The summed E-state index contributed by atoms with van der Waals surface area (Å²) in [5.41, 5.74) is 9.33. The summed E-state index contributed by atoms with van der Waals surface area (Å²) < 4.78 is 0. The van der Waals surface area contributed by atoms with Crippen molar-refractivity contribution < 1.29 is 0 Å². The van der Waals surface area contributed by atoms with E-state index in [1.165, 1.54) is 39.0 Å². The number of allylic oxidation sites excluding steroid dienone is 1. The van der Waals surface area contributed by atoms with E-state index in [2.05, 4.69) is 92.4 Å². The zero-order chi connectivity index (χ0) is 16.5. The lowest BCUT2D eigenvalue weighted by atomic mass is 9.89. The van der Waals surface area contributed by atoms with Gasteiger partial charge < -0.3 is 0 Å². The zero-order valence-electron chi connectivity index (χ0n) is 13.9. The van der Waals surface area contributed by atoms with Gasteiger partial charge in [0.2, 0.25) is 0 Å². The quantitative estimate of drug-likeness (QED) is 0.533. The van der Waals surface area contributed by atoms with Gasteiger partial charge in [0, 0.05) is 5.92 Å². The van der Waals surface area contributed by atoms with Crippen LogP contribution in [0.15, 0.2) is 91.0 Å². The summed E-state index contributed by atoms with van der Waals surface area (Å²) in [7, 11) is 0. The average molecular weight is 308 g/mol. The molecule has 0 fully saturated rings. The van der Waals surface area contributed by atoms with E-state index in [1.807, 2.05) is 6.08 Å². The molecule has 0 spiro atoms. The maximum absolute atomic E-state index is 4.00. The first-order valence-corrected chi connectivity index (χ1v) is 8.38. The Hall–Kier alpha value is -2.86. The molecular formula is C24H20. The van der Waals surface area contributed by atoms with Gasteiger partial charge in [-0.25, -0.2) is 0 Å². The molecule has 1 aliphatic carbocycles. The van der Waals surface area contributed by atoms with E-state index in [9.17, 15) is 0 Å². The summed E-state index contributed by atoms with van der Waals surface area (Å²) in [6, 6.07) is 28.1.